The number of aromatic nitrogens is 1. The predicted octanol–water partition coefficient (Wildman–Crippen LogP) is 10.9. The molecule has 0 fully saturated rings. The van der Waals surface area contributed by atoms with Crippen LogP contribution in [0.25, 0.3) is 27.5 Å². The molecule has 0 radical (unpaired) electrons. The number of hydrogen-bond acceptors (Lipinski definition) is 1. The quantitative estimate of drug-likeness (QED) is 0.134. The van der Waals surface area contributed by atoms with Gasteiger partial charge in [-0.15, -0.1) is 0 Å². The first-order chi connectivity index (χ1) is 23.5. The lowest BCUT2D eigenvalue weighted by Gasteiger charge is -2.50. The van der Waals surface area contributed by atoms with Gasteiger partial charge in [0, 0.05) is 37.6 Å². The Bertz CT molecular complexity index is 2160. The summed E-state index contributed by atoms with van der Waals surface area (Å²) in [5.41, 5.74) is 14.4. The molecule has 3 heterocycles. The molecule has 0 spiro atoms. The van der Waals surface area contributed by atoms with E-state index in [1.54, 1.807) is 15.4 Å². The number of hydrogen-bond donors (Lipinski definition) is 0. The van der Waals surface area contributed by atoms with E-state index in [2.05, 4.69) is 140 Å². The van der Waals surface area contributed by atoms with Gasteiger partial charge in [-0.2, -0.15) is 10.0 Å². The molecular formula is C44H49BN2S. The number of para-hydroxylation sites is 4. The fourth-order valence-electron chi connectivity index (χ4n) is 8.67. The van der Waals surface area contributed by atoms with Crippen LogP contribution < -0.4 is 15.7 Å². The predicted molar refractivity (Wildman–Crippen MR) is 213 cm³/mol. The molecule has 0 unspecified atom stereocenters. The van der Waals surface area contributed by atoms with Crippen molar-refractivity contribution >= 4 is 61.0 Å². The average molecular weight is 649 g/mol. The van der Waals surface area contributed by atoms with Gasteiger partial charge in [-0.25, -0.2) is 0 Å². The highest BCUT2D eigenvalue weighted by atomic mass is 32.3. The third-order valence-electron chi connectivity index (χ3n) is 11.0. The summed E-state index contributed by atoms with van der Waals surface area (Å²) in [5, 5.41) is 2.69. The Labute approximate surface area is 289 Å². The van der Waals surface area contributed by atoms with E-state index in [1.807, 2.05) is 0 Å². The van der Waals surface area contributed by atoms with Crippen LogP contribution in [0.2, 0.25) is 0 Å². The number of anilines is 2. The smallest absolute Gasteiger partial charge is 0.332 e. The summed E-state index contributed by atoms with van der Waals surface area (Å²) in [4.78, 5) is 6.00. The summed E-state index contributed by atoms with van der Waals surface area (Å²) in [6.45, 7) is 7.06. The molecule has 4 heteroatoms. The van der Waals surface area contributed by atoms with Crippen molar-refractivity contribution in [3.05, 3.63) is 114 Å². The molecule has 5 aromatic carbocycles. The lowest BCUT2D eigenvalue weighted by molar-refractivity contribution is 0.775. The van der Waals surface area contributed by atoms with Crippen LogP contribution in [0.15, 0.2) is 107 Å². The number of benzene rings is 5. The third-order valence-corrected chi connectivity index (χ3v) is 13.9. The number of aryl methyl sites for hydroxylation is 3. The second kappa shape index (κ2) is 12.5. The highest BCUT2D eigenvalue weighted by Gasteiger charge is 2.45. The molecule has 6 aromatic rings. The monoisotopic (exact) mass is 648 g/mol. The van der Waals surface area contributed by atoms with Crippen LogP contribution in [-0.4, -0.2) is 23.9 Å². The SMILES string of the molecule is CCCCc1cc(CCCC)c2c(c1)S(C)(C)c1cccc(CCCC)c1N2B1c2ccccc2-n2c3ccccc3c3cccc1c32. The van der Waals surface area contributed by atoms with Gasteiger partial charge in [0.2, 0.25) is 0 Å². The molecule has 0 aliphatic carbocycles. The molecule has 0 atom stereocenters. The van der Waals surface area contributed by atoms with Crippen molar-refractivity contribution in [1.29, 1.82) is 0 Å². The summed E-state index contributed by atoms with van der Waals surface area (Å²) < 4.78 is 2.56. The molecule has 244 valence electrons. The molecule has 0 saturated carbocycles. The molecule has 0 N–H and O–H groups in total. The van der Waals surface area contributed by atoms with Crippen molar-refractivity contribution in [3.8, 4) is 5.69 Å². The number of fused-ring (bicyclic) bond motifs is 7. The van der Waals surface area contributed by atoms with Crippen LogP contribution in [0, 0.1) is 0 Å². The first-order valence-electron chi connectivity index (χ1n) is 18.4. The third kappa shape index (κ3) is 4.77. The minimum Gasteiger partial charge on any atom is -0.375 e. The van der Waals surface area contributed by atoms with Gasteiger partial charge in [-0.3, -0.25) is 0 Å². The lowest BCUT2D eigenvalue weighted by atomic mass is 9.46. The Morgan fingerprint density at radius 2 is 1.23 bits per heavy atom. The molecule has 2 aliphatic rings. The van der Waals surface area contributed by atoms with Crippen LogP contribution in [0.3, 0.4) is 0 Å². The molecule has 0 amide bonds. The normalized spacial score (nSPS) is 15.0. The topological polar surface area (TPSA) is 8.17 Å². The van der Waals surface area contributed by atoms with Gasteiger partial charge in [-0.05, 0) is 103 Å². The zero-order valence-electron chi connectivity index (χ0n) is 29.5. The van der Waals surface area contributed by atoms with E-state index in [0.29, 0.717) is 0 Å². The van der Waals surface area contributed by atoms with Crippen LogP contribution in [0.1, 0.15) is 76.0 Å². The largest absolute Gasteiger partial charge is 0.375 e. The van der Waals surface area contributed by atoms with Crippen molar-refractivity contribution in [1.82, 2.24) is 4.57 Å². The fourth-order valence-corrected chi connectivity index (χ4v) is 11.2. The summed E-state index contributed by atoms with van der Waals surface area (Å²) in [6, 6.07) is 37.9. The van der Waals surface area contributed by atoms with Gasteiger partial charge >= 0.3 is 6.85 Å². The summed E-state index contributed by atoms with van der Waals surface area (Å²) in [5.74, 6) is 0. The second-order valence-corrected chi connectivity index (χ2v) is 18.0. The molecule has 48 heavy (non-hydrogen) atoms. The Morgan fingerprint density at radius 3 is 2.04 bits per heavy atom. The van der Waals surface area contributed by atoms with E-state index in [-0.39, 0.29) is 6.85 Å². The maximum atomic E-state index is 2.87. The van der Waals surface area contributed by atoms with Crippen molar-refractivity contribution in [3.63, 3.8) is 0 Å². The maximum Gasteiger partial charge on any atom is 0.332 e. The average Bonchev–Trinajstić information content (AvgIpc) is 3.45. The van der Waals surface area contributed by atoms with E-state index in [4.69, 9.17) is 0 Å². The van der Waals surface area contributed by atoms with Gasteiger partial charge < -0.3 is 9.38 Å². The first kappa shape index (κ1) is 31.4. The fraction of sp³-hybridized carbons (Fsp3) is 0.318. The maximum absolute atomic E-state index is 2.87. The number of rotatable bonds is 10. The highest BCUT2D eigenvalue weighted by molar-refractivity contribution is 8.33. The Balaban J connectivity index is 1.50. The second-order valence-electron chi connectivity index (χ2n) is 14.4. The first-order valence-corrected chi connectivity index (χ1v) is 20.9. The minimum absolute atomic E-state index is 0.0688. The van der Waals surface area contributed by atoms with Crippen molar-refractivity contribution in [2.45, 2.75) is 88.3 Å². The molecular weight excluding hydrogens is 599 g/mol. The van der Waals surface area contributed by atoms with Crippen molar-refractivity contribution < 1.29 is 0 Å². The Morgan fingerprint density at radius 1 is 0.583 bits per heavy atom. The molecule has 2 aliphatic heterocycles. The van der Waals surface area contributed by atoms with Gasteiger partial charge in [0.15, 0.2) is 0 Å². The highest BCUT2D eigenvalue weighted by Crippen LogP contribution is 2.68. The number of nitrogens with zero attached hydrogens (tertiary/aromatic N) is 2. The van der Waals surface area contributed by atoms with E-state index >= 15 is 0 Å². The van der Waals surface area contributed by atoms with Crippen LogP contribution in [0.5, 0.6) is 0 Å². The summed E-state index contributed by atoms with van der Waals surface area (Å²) in [7, 11) is -1.27. The van der Waals surface area contributed by atoms with Crippen LogP contribution >= 0.6 is 10.0 Å². The van der Waals surface area contributed by atoms with E-state index < -0.39 is 10.0 Å². The molecule has 0 saturated heterocycles. The zero-order valence-corrected chi connectivity index (χ0v) is 30.3. The summed E-state index contributed by atoms with van der Waals surface area (Å²) >= 11 is 0. The number of unbranched alkanes of at least 4 members (excludes halogenated alkanes) is 3. The molecule has 2 nitrogen and oxygen atoms in total. The Kier molecular flexibility index (Phi) is 8.19. The van der Waals surface area contributed by atoms with E-state index in [1.165, 1.54) is 99.4 Å². The van der Waals surface area contributed by atoms with Gasteiger partial charge in [-0.1, -0.05) is 113 Å². The molecule has 1 aromatic heterocycles. The summed E-state index contributed by atoms with van der Waals surface area (Å²) in [6.07, 6.45) is 15.8. The lowest BCUT2D eigenvalue weighted by Crippen LogP contribution is -2.59. The van der Waals surface area contributed by atoms with Crippen LogP contribution in [-0.2, 0) is 19.3 Å². The van der Waals surface area contributed by atoms with Gasteiger partial charge in [0.1, 0.15) is 0 Å². The van der Waals surface area contributed by atoms with Gasteiger partial charge in [0.25, 0.3) is 0 Å². The van der Waals surface area contributed by atoms with Crippen molar-refractivity contribution in [2.75, 3.05) is 17.3 Å². The molecule has 8 rings (SSSR count). The van der Waals surface area contributed by atoms with E-state index in [9.17, 15) is 0 Å². The standard InChI is InChI=1S/C44H49BN2S/c1-6-9-18-31-29-33(20-11-8-3)43-41(30-31)48(4,5)40-28-16-21-32(19-10-7-2)42(40)47(43)45-36-24-13-15-27-39(36)46-38-26-14-12-22-34(38)35-23-17-25-37(45)44(35)46/h12-17,21-30H,6-11,18-20H2,1-5H3. The molecule has 0 bridgehead atoms. The minimum atomic E-state index is -1.27. The Hall–Kier alpha value is -3.89. The van der Waals surface area contributed by atoms with Gasteiger partial charge in [0.05, 0.1) is 11.0 Å². The van der Waals surface area contributed by atoms with E-state index in [0.717, 1.165) is 19.3 Å². The zero-order chi connectivity index (χ0) is 33.0. The van der Waals surface area contributed by atoms with Crippen molar-refractivity contribution in [2.24, 2.45) is 0 Å². The van der Waals surface area contributed by atoms with Crippen LogP contribution in [0.4, 0.5) is 11.4 Å².